The van der Waals surface area contributed by atoms with Crippen LogP contribution < -0.4 is 0 Å². The summed E-state index contributed by atoms with van der Waals surface area (Å²) in [4.78, 5) is 10.3. The van der Waals surface area contributed by atoms with Gasteiger partial charge >= 0.3 is 5.97 Å². The molecule has 2 rings (SSSR count). The molecule has 116 valence electrons. The molecule has 0 aromatic heterocycles. The first-order valence-corrected chi connectivity index (χ1v) is 8.67. The van der Waals surface area contributed by atoms with Crippen LogP contribution in [0.15, 0.2) is 23.1 Å². The molecule has 1 saturated heterocycles. The van der Waals surface area contributed by atoms with Crippen molar-refractivity contribution in [3.05, 3.63) is 29.8 Å². The zero-order chi connectivity index (χ0) is 15.6. The van der Waals surface area contributed by atoms with Gasteiger partial charge in [0.05, 0.1) is 11.3 Å². The molecule has 1 atom stereocenters. The van der Waals surface area contributed by atoms with Gasteiger partial charge in [-0.15, -0.1) is 0 Å². The second-order valence-corrected chi connectivity index (χ2v) is 7.59. The first kappa shape index (κ1) is 16.2. The monoisotopic (exact) mass is 337 g/mol. The van der Waals surface area contributed by atoms with Crippen LogP contribution in [0.4, 0.5) is 8.78 Å². The molecule has 1 fully saturated rings. The van der Waals surface area contributed by atoms with E-state index in [4.69, 9.17) is 5.11 Å². The van der Waals surface area contributed by atoms with Crippen molar-refractivity contribution in [3.8, 4) is 0 Å². The summed E-state index contributed by atoms with van der Waals surface area (Å²) in [5.74, 6) is -2.26. The highest BCUT2D eigenvalue weighted by molar-refractivity contribution is 7.99. The number of nitrogens with zero attached hydrogens (tertiary/aromatic N) is 1. The number of halogens is 2. The summed E-state index contributed by atoms with van der Waals surface area (Å²) in [7, 11) is -4.13. The van der Waals surface area contributed by atoms with E-state index < -0.39 is 38.6 Å². The molecule has 0 radical (unpaired) electrons. The molecular weight excluding hydrogens is 324 g/mol. The van der Waals surface area contributed by atoms with Crippen molar-refractivity contribution in [1.82, 2.24) is 4.31 Å². The minimum absolute atomic E-state index is 0.114. The Bertz CT molecular complexity index is 630. The average molecular weight is 337 g/mol. The van der Waals surface area contributed by atoms with Gasteiger partial charge in [0.1, 0.15) is 11.6 Å². The van der Waals surface area contributed by atoms with Crippen molar-refractivity contribution < 1.29 is 27.1 Å². The summed E-state index contributed by atoms with van der Waals surface area (Å²) in [6.45, 7) is 0.114. The lowest BCUT2D eigenvalue weighted by Crippen LogP contribution is -2.47. The zero-order valence-electron chi connectivity index (χ0n) is 10.8. The normalized spacial score (nSPS) is 20.4. The highest BCUT2D eigenvalue weighted by atomic mass is 32.2. The molecule has 1 unspecified atom stereocenters. The number of hydrogen-bond donors (Lipinski definition) is 1. The average Bonchev–Trinajstić information content (AvgIpc) is 2.37. The van der Waals surface area contributed by atoms with Gasteiger partial charge in [0, 0.05) is 30.2 Å². The third-order valence-corrected chi connectivity index (χ3v) is 6.05. The van der Waals surface area contributed by atoms with Crippen LogP contribution >= 0.6 is 11.8 Å². The molecule has 1 N–H and O–H groups in total. The van der Waals surface area contributed by atoms with Gasteiger partial charge in [0.25, 0.3) is 0 Å². The smallest absolute Gasteiger partial charge is 0.305 e. The maximum Gasteiger partial charge on any atom is 0.305 e. The van der Waals surface area contributed by atoms with E-state index in [0.717, 1.165) is 16.4 Å². The molecule has 0 amide bonds. The Morgan fingerprint density at radius 1 is 1.33 bits per heavy atom. The van der Waals surface area contributed by atoms with Gasteiger partial charge in [-0.25, -0.2) is 17.2 Å². The number of hydrogen-bond acceptors (Lipinski definition) is 4. The predicted octanol–water partition coefficient (Wildman–Crippen LogP) is 1.55. The summed E-state index contributed by atoms with van der Waals surface area (Å²) in [5, 5.41) is 8.86. The van der Waals surface area contributed by atoms with Gasteiger partial charge in [-0.2, -0.15) is 16.1 Å². The molecule has 1 aromatic rings. The topological polar surface area (TPSA) is 74.7 Å². The summed E-state index contributed by atoms with van der Waals surface area (Å²) < 4.78 is 52.4. The van der Waals surface area contributed by atoms with Crippen LogP contribution in [-0.2, 0) is 14.8 Å². The first-order chi connectivity index (χ1) is 9.80. The number of carboxylic acids is 1. The SMILES string of the molecule is O=C(O)CC1CSCCN1S(=O)(=O)c1cc(F)cc(F)c1. The predicted molar refractivity (Wildman–Crippen MR) is 73.6 cm³/mol. The van der Waals surface area contributed by atoms with E-state index in [2.05, 4.69) is 0 Å². The largest absolute Gasteiger partial charge is 0.481 e. The van der Waals surface area contributed by atoms with Crippen LogP contribution in [0.3, 0.4) is 0 Å². The molecule has 1 aromatic carbocycles. The van der Waals surface area contributed by atoms with Crippen LogP contribution in [-0.4, -0.2) is 47.9 Å². The molecule has 0 aliphatic carbocycles. The van der Waals surface area contributed by atoms with Gasteiger partial charge in [0.2, 0.25) is 10.0 Å². The molecule has 21 heavy (non-hydrogen) atoms. The van der Waals surface area contributed by atoms with E-state index in [1.165, 1.54) is 11.8 Å². The zero-order valence-corrected chi connectivity index (χ0v) is 12.5. The summed E-state index contributed by atoms with van der Waals surface area (Å²) in [6, 6.07) is 1.33. The van der Waals surface area contributed by atoms with Crippen molar-refractivity contribution in [3.63, 3.8) is 0 Å². The third kappa shape index (κ3) is 3.72. The van der Waals surface area contributed by atoms with Crippen LogP contribution in [0, 0.1) is 11.6 Å². The Kier molecular flexibility index (Phi) is 4.84. The molecule has 9 heteroatoms. The van der Waals surface area contributed by atoms with Crippen molar-refractivity contribution >= 4 is 27.8 Å². The van der Waals surface area contributed by atoms with Gasteiger partial charge in [-0.1, -0.05) is 0 Å². The molecule has 0 spiro atoms. The molecule has 1 aliphatic heterocycles. The number of aliphatic carboxylic acids is 1. The van der Waals surface area contributed by atoms with E-state index in [0.29, 0.717) is 17.6 Å². The van der Waals surface area contributed by atoms with Crippen molar-refractivity contribution in [2.45, 2.75) is 17.4 Å². The van der Waals surface area contributed by atoms with Crippen molar-refractivity contribution in [2.75, 3.05) is 18.1 Å². The molecule has 1 aliphatic rings. The van der Waals surface area contributed by atoms with Crippen LogP contribution in [0.25, 0.3) is 0 Å². The maximum atomic E-state index is 13.2. The molecule has 0 saturated carbocycles. The number of thioether (sulfide) groups is 1. The van der Waals surface area contributed by atoms with E-state index in [1.54, 1.807) is 0 Å². The fourth-order valence-electron chi connectivity index (χ4n) is 2.13. The lowest BCUT2D eigenvalue weighted by Gasteiger charge is -2.33. The fourth-order valence-corrected chi connectivity index (χ4v) is 5.07. The van der Waals surface area contributed by atoms with E-state index in [9.17, 15) is 22.0 Å². The second-order valence-electron chi connectivity index (χ2n) is 4.55. The lowest BCUT2D eigenvalue weighted by atomic mass is 10.2. The number of sulfonamides is 1. The second kappa shape index (κ2) is 6.29. The number of carboxylic acid groups (broad SMARTS) is 1. The van der Waals surface area contributed by atoms with Gasteiger partial charge < -0.3 is 5.11 Å². The molecule has 5 nitrogen and oxygen atoms in total. The highest BCUT2D eigenvalue weighted by Crippen LogP contribution is 2.27. The number of rotatable bonds is 4. The first-order valence-electron chi connectivity index (χ1n) is 6.08. The molecule has 1 heterocycles. The minimum Gasteiger partial charge on any atom is -0.481 e. The quantitative estimate of drug-likeness (QED) is 0.902. The summed E-state index contributed by atoms with van der Waals surface area (Å²) >= 11 is 1.45. The lowest BCUT2D eigenvalue weighted by molar-refractivity contribution is -0.137. The Morgan fingerprint density at radius 2 is 1.95 bits per heavy atom. The minimum atomic E-state index is -4.13. The van der Waals surface area contributed by atoms with Gasteiger partial charge in [0.15, 0.2) is 0 Å². The Labute approximate surface area is 125 Å². The maximum absolute atomic E-state index is 13.2. The Morgan fingerprint density at radius 3 is 2.52 bits per heavy atom. The Hall–Kier alpha value is -1.19. The Balaban J connectivity index is 2.37. The summed E-state index contributed by atoms with van der Waals surface area (Å²) in [5.41, 5.74) is 0. The van der Waals surface area contributed by atoms with E-state index >= 15 is 0 Å². The van der Waals surface area contributed by atoms with Crippen molar-refractivity contribution in [1.29, 1.82) is 0 Å². The highest BCUT2D eigenvalue weighted by Gasteiger charge is 2.35. The standard InChI is InChI=1S/C12H13F2NO4S2/c13-8-3-9(14)5-11(4-8)21(18,19)15-1-2-20-7-10(15)6-12(16)17/h3-5,10H,1-2,6-7H2,(H,16,17). The number of carbonyl (C=O) groups is 1. The van der Waals surface area contributed by atoms with Crippen LogP contribution in [0.5, 0.6) is 0 Å². The van der Waals surface area contributed by atoms with E-state index in [1.807, 2.05) is 0 Å². The molecular formula is C12H13F2NO4S2. The van der Waals surface area contributed by atoms with Crippen LogP contribution in [0.1, 0.15) is 6.42 Å². The van der Waals surface area contributed by atoms with Gasteiger partial charge in [-0.3, -0.25) is 4.79 Å². The van der Waals surface area contributed by atoms with Crippen molar-refractivity contribution in [2.24, 2.45) is 0 Å². The molecule has 0 bridgehead atoms. The number of benzene rings is 1. The van der Waals surface area contributed by atoms with Crippen LogP contribution in [0.2, 0.25) is 0 Å². The van der Waals surface area contributed by atoms with Gasteiger partial charge in [-0.05, 0) is 12.1 Å². The fraction of sp³-hybridized carbons (Fsp3) is 0.417. The third-order valence-electron chi connectivity index (χ3n) is 3.03. The van der Waals surface area contributed by atoms with E-state index in [-0.39, 0.29) is 13.0 Å². The summed E-state index contributed by atoms with van der Waals surface area (Å²) in [6.07, 6.45) is -0.343.